The van der Waals surface area contributed by atoms with Gasteiger partial charge in [0.1, 0.15) is 0 Å². The molecule has 3 nitrogen and oxygen atoms in total. The van der Waals surface area contributed by atoms with Crippen LogP contribution in [0.1, 0.15) is 18.4 Å². The van der Waals surface area contributed by atoms with Crippen LogP contribution in [-0.4, -0.2) is 35.6 Å². The molecule has 0 aromatic carbocycles. The van der Waals surface area contributed by atoms with E-state index < -0.39 is 0 Å². The predicted octanol–water partition coefficient (Wildman–Crippen LogP) is 1.05. The molecule has 0 spiro atoms. The molecule has 2 rings (SSSR count). The lowest BCUT2D eigenvalue weighted by atomic mass is 9.92. The molecule has 1 aromatic heterocycles. The van der Waals surface area contributed by atoms with E-state index in [4.69, 9.17) is 5.73 Å². The summed E-state index contributed by atoms with van der Waals surface area (Å²) in [6.07, 6.45) is 6.95. The number of aromatic nitrogens is 1. The maximum Gasteiger partial charge on any atom is 0.0298 e. The Balaban J connectivity index is 1.88. The summed E-state index contributed by atoms with van der Waals surface area (Å²) in [4.78, 5) is 6.33. The molecule has 0 aliphatic carbocycles. The Labute approximate surface area is 91.3 Å². The first kappa shape index (κ1) is 10.6. The van der Waals surface area contributed by atoms with E-state index in [1.165, 1.54) is 5.56 Å². The van der Waals surface area contributed by atoms with Crippen LogP contribution in [0.2, 0.25) is 0 Å². The number of hydrogen-bond donors (Lipinski definition) is 1. The van der Waals surface area contributed by atoms with Crippen molar-refractivity contribution in [3.63, 3.8) is 0 Å². The van der Waals surface area contributed by atoms with Crippen LogP contribution in [0.4, 0.5) is 0 Å². The van der Waals surface area contributed by atoms with Gasteiger partial charge in [0.2, 0.25) is 0 Å². The maximum absolute atomic E-state index is 6.34. The molecule has 15 heavy (non-hydrogen) atoms. The van der Waals surface area contributed by atoms with Gasteiger partial charge in [-0.15, -0.1) is 0 Å². The lowest BCUT2D eigenvalue weighted by Crippen LogP contribution is -2.42. The van der Waals surface area contributed by atoms with Crippen LogP contribution >= 0.6 is 0 Å². The fourth-order valence-electron chi connectivity index (χ4n) is 2.26. The summed E-state index contributed by atoms with van der Waals surface area (Å²) in [5.74, 6) is 0. The Morgan fingerprint density at radius 1 is 1.47 bits per heavy atom. The van der Waals surface area contributed by atoms with E-state index in [-0.39, 0.29) is 5.54 Å². The van der Waals surface area contributed by atoms with Crippen molar-refractivity contribution in [1.82, 2.24) is 9.88 Å². The quantitative estimate of drug-likeness (QED) is 0.802. The Kier molecular flexibility index (Phi) is 3.03. The molecule has 1 aliphatic heterocycles. The van der Waals surface area contributed by atoms with E-state index in [1.807, 2.05) is 12.4 Å². The molecule has 3 heteroatoms. The molecule has 1 aromatic rings. The SMILES string of the molecule is CN1CCC(N)(CCc2ccncc2)C1. The van der Waals surface area contributed by atoms with Gasteiger partial charge in [0.15, 0.2) is 0 Å². The fraction of sp³-hybridized carbons (Fsp3) is 0.583. The Hall–Kier alpha value is -0.930. The van der Waals surface area contributed by atoms with Gasteiger partial charge in [-0.05, 0) is 50.6 Å². The monoisotopic (exact) mass is 205 g/mol. The summed E-state index contributed by atoms with van der Waals surface area (Å²) < 4.78 is 0. The first-order valence-corrected chi connectivity index (χ1v) is 5.54. The Morgan fingerprint density at radius 3 is 2.80 bits per heavy atom. The highest BCUT2D eigenvalue weighted by Gasteiger charge is 2.31. The van der Waals surface area contributed by atoms with Crippen molar-refractivity contribution < 1.29 is 0 Å². The molecule has 1 aliphatic rings. The normalized spacial score (nSPS) is 27.1. The third kappa shape index (κ3) is 2.76. The molecule has 2 heterocycles. The summed E-state index contributed by atoms with van der Waals surface area (Å²) in [5.41, 5.74) is 7.70. The Morgan fingerprint density at radius 2 is 2.20 bits per heavy atom. The summed E-state index contributed by atoms with van der Waals surface area (Å²) >= 11 is 0. The molecule has 2 N–H and O–H groups in total. The standard InChI is InChI=1S/C12H19N3/c1-15-9-6-12(13,10-15)5-2-11-3-7-14-8-4-11/h3-4,7-8H,2,5-6,9-10,13H2,1H3. The van der Waals surface area contributed by atoms with Crippen molar-refractivity contribution in [2.24, 2.45) is 5.73 Å². The molecule has 1 fully saturated rings. The van der Waals surface area contributed by atoms with E-state index in [0.29, 0.717) is 0 Å². The van der Waals surface area contributed by atoms with Gasteiger partial charge in [0, 0.05) is 24.5 Å². The lowest BCUT2D eigenvalue weighted by Gasteiger charge is -2.23. The molecule has 0 radical (unpaired) electrons. The average Bonchev–Trinajstić information content (AvgIpc) is 2.58. The van der Waals surface area contributed by atoms with Gasteiger partial charge in [0.25, 0.3) is 0 Å². The van der Waals surface area contributed by atoms with Crippen LogP contribution in [0.15, 0.2) is 24.5 Å². The van der Waals surface area contributed by atoms with Crippen molar-refractivity contribution in [3.05, 3.63) is 30.1 Å². The topological polar surface area (TPSA) is 42.1 Å². The molecule has 0 amide bonds. The molecular formula is C12H19N3. The highest BCUT2D eigenvalue weighted by molar-refractivity contribution is 5.11. The highest BCUT2D eigenvalue weighted by Crippen LogP contribution is 2.22. The second-order valence-electron chi connectivity index (χ2n) is 4.71. The number of likely N-dealkylation sites (tertiary alicyclic amines) is 1. The van der Waals surface area contributed by atoms with Crippen LogP contribution in [0.3, 0.4) is 0 Å². The summed E-state index contributed by atoms with van der Waals surface area (Å²) in [7, 11) is 2.14. The minimum Gasteiger partial charge on any atom is -0.324 e. The van der Waals surface area contributed by atoms with E-state index in [0.717, 1.165) is 32.4 Å². The summed E-state index contributed by atoms with van der Waals surface area (Å²) in [6, 6.07) is 4.14. The van der Waals surface area contributed by atoms with Gasteiger partial charge in [-0.25, -0.2) is 0 Å². The van der Waals surface area contributed by atoms with Crippen LogP contribution in [0.5, 0.6) is 0 Å². The minimum absolute atomic E-state index is 0.0258. The number of nitrogens with zero attached hydrogens (tertiary/aromatic N) is 2. The van der Waals surface area contributed by atoms with Crippen molar-refractivity contribution in [2.75, 3.05) is 20.1 Å². The number of nitrogens with two attached hydrogens (primary N) is 1. The molecular weight excluding hydrogens is 186 g/mol. The van der Waals surface area contributed by atoms with Gasteiger partial charge < -0.3 is 10.6 Å². The van der Waals surface area contributed by atoms with Crippen LogP contribution in [0.25, 0.3) is 0 Å². The predicted molar refractivity (Wildman–Crippen MR) is 61.6 cm³/mol. The molecule has 0 bridgehead atoms. The van der Waals surface area contributed by atoms with Gasteiger partial charge >= 0.3 is 0 Å². The minimum atomic E-state index is 0.0258. The first-order chi connectivity index (χ1) is 7.18. The Bertz CT molecular complexity index is 312. The number of hydrogen-bond acceptors (Lipinski definition) is 3. The van der Waals surface area contributed by atoms with Gasteiger partial charge in [-0.2, -0.15) is 0 Å². The van der Waals surface area contributed by atoms with E-state index in [2.05, 4.69) is 29.1 Å². The number of rotatable bonds is 3. The second-order valence-corrected chi connectivity index (χ2v) is 4.71. The van der Waals surface area contributed by atoms with Crippen LogP contribution in [0, 0.1) is 0 Å². The second kappa shape index (κ2) is 4.29. The summed E-state index contributed by atoms with van der Waals surface area (Å²) in [6.45, 7) is 2.16. The van der Waals surface area contributed by atoms with Gasteiger partial charge in [-0.3, -0.25) is 4.98 Å². The fourth-order valence-corrected chi connectivity index (χ4v) is 2.26. The van der Waals surface area contributed by atoms with Gasteiger partial charge in [0.05, 0.1) is 0 Å². The van der Waals surface area contributed by atoms with E-state index in [1.54, 1.807) is 0 Å². The van der Waals surface area contributed by atoms with Crippen molar-refractivity contribution in [1.29, 1.82) is 0 Å². The zero-order chi connectivity index (χ0) is 10.7. The largest absolute Gasteiger partial charge is 0.324 e. The molecule has 82 valence electrons. The zero-order valence-corrected chi connectivity index (χ0v) is 9.32. The van der Waals surface area contributed by atoms with Crippen molar-refractivity contribution in [2.45, 2.75) is 24.8 Å². The lowest BCUT2D eigenvalue weighted by molar-refractivity contribution is 0.354. The number of likely N-dealkylation sites (N-methyl/N-ethyl adjacent to an activating group) is 1. The van der Waals surface area contributed by atoms with Crippen LogP contribution < -0.4 is 5.73 Å². The average molecular weight is 205 g/mol. The first-order valence-electron chi connectivity index (χ1n) is 5.54. The number of pyridine rings is 1. The third-order valence-electron chi connectivity index (χ3n) is 3.24. The smallest absolute Gasteiger partial charge is 0.0298 e. The van der Waals surface area contributed by atoms with Gasteiger partial charge in [-0.1, -0.05) is 0 Å². The number of aryl methyl sites for hydroxylation is 1. The van der Waals surface area contributed by atoms with Crippen LogP contribution in [-0.2, 0) is 6.42 Å². The van der Waals surface area contributed by atoms with E-state index in [9.17, 15) is 0 Å². The maximum atomic E-state index is 6.34. The zero-order valence-electron chi connectivity index (χ0n) is 9.32. The molecule has 1 atom stereocenters. The van der Waals surface area contributed by atoms with Crippen molar-refractivity contribution >= 4 is 0 Å². The molecule has 1 unspecified atom stereocenters. The molecule has 1 saturated heterocycles. The van der Waals surface area contributed by atoms with Crippen molar-refractivity contribution in [3.8, 4) is 0 Å². The van der Waals surface area contributed by atoms with E-state index >= 15 is 0 Å². The molecule has 0 saturated carbocycles. The summed E-state index contributed by atoms with van der Waals surface area (Å²) in [5, 5.41) is 0. The third-order valence-corrected chi connectivity index (χ3v) is 3.24. The highest BCUT2D eigenvalue weighted by atomic mass is 15.2.